The fourth-order valence-corrected chi connectivity index (χ4v) is 1.55. The Hall–Kier alpha value is -1.04. The number of carbonyl (C=O) groups is 1. The van der Waals surface area contributed by atoms with E-state index in [4.69, 9.17) is 0 Å². The summed E-state index contributed by atoms with van der Waals surface area (Å²) < 4.78 is 38.4. The van der Waals surface area contributed by atoms with Gasteiger partial charge in [-0.2, -0.15) is 13.2 Å². The number of carbonyl (C=O) groups excluding carboxylic acids is 1. The first kappa shape index (κ1) is 13.0. The van der Waals surface area contributed by atoms with Crippen molar-refractivity contribution in [1.29, 1.82) is 0 Å². The average Bonchev–Trinajstić information content (AvgIpc) is 2.08. The smallest absolute Gasteiger partial charge is 0.326 e. The predicted molar refractivity (Wildman–Crippen MR) is 58.2 cm³/mol. The zero-order valence-electron chi connectivity index (χ0n) is 8.57. The highest BCUT2D eigenvalue weighted by Gasteiger charge is 2.34. The quantitative estimate of drug-likeness (QED) is 0.840. The van der Waals surface area contributed by atoms with E-state index in [1.165, 1.54) is 6.07 Å². The van der Waals surface area contributed by atoms with Crippen molar-refractivity contribution in [2.45, 2.75) is 20.0 Å². The van der Waals surface area contributed by atoms with Gasteiger partial charge in [0.15, 0.2) is 0 Å². The van der Waals surface area contributed by atoms with Crippen molar-refractivity contribution >= 4 is 27.5 Å². The van der Waals surface area contributed by atoms with E-state index >= 15 is 0 Å². The molecule has 1 aromatic carbocycles. The summed E-state index contributed by atoms with van der Waals surface area (Å²) in [5, 5.41) is 2.16. The number of hydrogen-bond donors (Lipinski definition) is 1. The van der Waals surface area contributed by atoms with Crippen LogP contribution in [0, 0.1) is 6.92 Å². The van der Waals surface area contributed by atoms with Gasteiger partial charge in [-0.25, -0.2) is 0 Å². The lowest BCUT2D eigenvalue weighted by atomic mass is 10.1. The minimum absolute atomic E-state index is 0.238. The molecule has 0 bridgehead atoms. The fourth-order valence-electron chi connectivity index (χ4n) is 1.21. The van der Waals surface area contributed by atoms with Gasteiger partial charge >= 0.3 is 6.18 Å². The summed E-state index contributed by atoms with van der Waals surface area (Å²) in [4.78, 5) is 10.8. The Morgan fingerprint density at radius 3 is 2.38 bits per heavy atom. The summed E-state index contributed by atoms with van der Waals surface area (Å²) in [5.41, 5.74) is -0.623. The molecule has 0 spiro atoms. The van der Waals surface area contributed by atoms with Gasteiger partial charge in [0.1, 0.15) is 0 Å². The van der Waals surface area contributed by atoms with Crippen molar-refractivity contribution in [1.82, 2.24) is 0 Å². The van der Waals surface area contributed by atoms with Crippen molar-refractivity contribution in [3.05, 3.63) is 27.7 Å². The summed E-state index contributed by atoms with van der Waals surface area (Å²) in [7, 11) is 0. The minimum Gasteiger partial charge on any atom is -0.326 e. The number of anilines is 1. The summed E-state index contributed by atoms with van der Waals surface area (Å²) in [6, 6.07) is 2.24. The van der Waals surface area contributed by atoms with Gasteiger partial charge in [-0.3, -0.25) is 4.79 Å². The van der Waals surface area contributed by atoms with E-state index in [1.54, 1.807) is 6.92 Å². The van der Waals surface area contributed by atoms with E-state index in [9.17, 15) is 18.0 Å². The molecule has 6 heteroatoms. The second-order valence-corrected chi connectivity index (χ2v) is 4.18. The lowest BCUT2D eigenvalue weighted by Gasteiger charge is -2.14. The van der Waals surface area contributed by atoms with Gasteiger partial charge in [-0.05, 0) is 24.6 Å². The Balaban J connectivity index is 3.33. The highest BCUT2D eigenvalue weighted by Crippen LogP contribution is 2.37. The van der Waals surface area contributed by atoms with Gasteiger partial charge in [-0.15, -0.1) is 0 Å². The second-order valence-electron chi connectivity index (χ2n) is 3.33. The first-order valence-electron chi connectivity index (χ1n) is 4.36. The molecule has 88 valence electrons. The molecule has 0 aliphatic carbocycles. The lowest BCUT2D eigenvalue weighted by Crippen LogP contribution is -2.14. The molecule has 1 aromatic rings. The third-order valence-electron chi connectivity index (χ3n) is 1.91. The van der Waals surface area contributed by atoms with Gasteiger partial charge in [0.2, 0.25) is 5.91 Å². The van der Waals surface area contributed by atoms with Crippen LogP contribution in [0.25, 0.3) is 0 Å². The Bertz CT molecular complexity index is 429. The Morgan fingerprint density at radius 2 is 1.94 bits per heavy atom. The SMILES string of the molecule is CC(=O)Nc1cc(Br)c(C)cc1C(F)(F)F. The molecule has 0 fully saturated rings. The monoisotopic (exact) mass is 295 g/mol. The van der Waals surface area contributed by atoms with Gasteiger partial charge in [-0.1, -0.05) is 15.9 Å². The molecule has 1 N–H and O–H groups in total. The van der Waals surface area contributed by atoms with Crippen molar-refractivity contribution in [3.8, 4) is 0 Å². The molecule has 0 saturated heterocycles. The minimum atomic E-state index is -4.48. The molecule has 2 nitrogen and oxygen atoms in total. The number of halogens is 4. The summed E-state index contributed by atoms with van der Waals surface area (Å²) in [6.07, 6.45) is -4.48. The molecule has 0 atom stereocenters. The number of aryl methyl sites for hydroxylation is 1. The standard InChI is InChI=1S/C10H9BrF3NO/c1-5-3-7(10(12,13)14)9(4-8(5)11)15-6(2)16/h3-4H,1-2H3,(H,15,16). The number of benzene rings is 1. The first-order chi connectivity index (χ1) is 7.21. The van der Waals surface area contributed by atoms with Gasteiger partial charge < -0.3 is 5.32 Å². The van der Waals surface area contributed by atoms with Crippen LogP contribution in [0.4, 0.5) is 18.9 Å². The van der Waals surface area contributed by atoms with Crippen LogP contribution in [0.3, 0.4) is 0 Å². The lowest BCUT2D eigenvalue weighted by molar-refractivity contribution is -0.137. The third-order valence-corrected chi connectivity index (χ3v) is 2.77. The van der Waals surface area contributed by atoms with Crippen LogP contribution in [0.15, 0.2) is 16.6 Å². The molecular weight excluding hydrogens is 287 g/mol. The largest absolute Gasteiger partial charge is 0.418 e. The van der Waals surface area contributed by atoms with Gasteiger partial charge in [0.25, 0.3) is 0 Å². The fraction of sp³-hybridized carbons (Fsp3) is 0.300. The van der Waals surface area contributed by atoms with Gasteiger partial charge in [0, 0.05) is 11.4 Å². The Labute approximate surface area is 99.0 Å². The molecule has 0 radical (unpaired) electrons. The van der Waals surface area contributed by atoms with E-state index in [1.807, 2.05) is 0 Å². The molecule has 0 saturated carbocycles. The van der Waals surface area contributed by atoms with E-state index < -0.39 is 17.6 Å². The average molecular weight is 296 g/mol. The first-order valence-corrected chi connectivity index (χ1v) is 5.16. The topological polar surface area (TPSA) is 29.1 Å². The maximum Gasteiger partial charge on any atom is 0.418 e. The van der Waals surface area contributed by atoms with E-state index in [0.29, 0.717) is 10.0 Å². The summed E-state index contributed by atoms with van der Waals surface area (Å²) in [5.74, 6) is -0.541. The maximum absolute atomic E-state index is 12.6. The predicted octanol–water partition coefficient (Wildman–Crippen LogP) is 3.73. The number of amides is 1. The van der Waals surface area contributed by atoms with Crippen molar-refractivity contribution in [3.63, 3.8) is 0 Å². The number of hydrogen-bond acceptors (Lipinski definition) is 1. The third kappa shape index (κ3) is 2.98. The number of alkyl halides is 3. The number of nitrogens with one attached hydrogen (secondary N) is 1. The summed E-state index contributed by atoms with van der Waals surface area (Å²) >= 11 is 3.12. The molecule has 16 heavy (non-hydrogen) atoms. The van der Waals surface area contributed by atoms with Crippen LogP contribution in [0.2, 0.25) is 0 Å². The molecule has 0 aliphatic rings. The zero-order valence-corrected chi connectivity index (χ0v) is 10.2. The van der Waals surface area contributed by atoms with Crippen molar-refractivity contribution < 1.29 is 18.0 Å². The molecule has 0 unspecified atom stereocenters. The van der Waals surface area contributed by atoms with Crippen LogP contribution >= 0.6 is 15.9 Å². The molecule has 0 aromatic heterocycles. The van der Waals surface area contributed by atoms with Crippen LogP contribution in [0.5, 0.6) is 0 Å². The van der Waals surface area contributed by atoms with E-state index in [0.717, 1.165) is 13.0 Å². The number of rotatable bonds is 1. The highest BCUT2D eigenvalue weighted by molar-refractivity contribution is 9.10. The van der Waals surface area contributed by atoms with Crippen LogP contribution in [-0.4, -0.2) is 5.91 Å². The van der Waals surface area contributed by atoms with Crippen LogP contribution < -0.4 is 5.32 Å². The summed E-state index contributed by atoms with van der Waals surface area (Å²) in [6.45, 7) is 2.71. The van der Waals surface area contributed by atoms with Gasteiger partial charge in [0.05, 0.1) is 11.3 Å². The van der Waals surface area contributed by atoms with Crippen molar-refractivity contribution in [2.24, 2.45) is 0 Å². The molecule has 1 rings (SSSR count). The molecule has 1 amide bonds. The van der Waals surface area contributed by atoms with E-state index in [2.05, 4.69) is 21.2 Å². The Kier molecular flexibility index (Phi) is 3.62. The highest BCUT2D eigenvalue weighted by atomic mass is 79.9. The Morgan fingerprint density at radius 1 is 1.38 bits per heavy atom. The van der Waals surface area contributed by atoms with Crippen LogP contribution in [-0.2, 0) is 11.0 Å². The van der Waals surface area contributed by atoms with Crippen LogP contribution in [0.1, 0.15) is 18.1 Å². The molecular formula is C10H9BrF3NO. The normalized spacial score (nSPS) is 11.4. The second kappa shape index (κ2) is 4.45. The zero-order chi connectivity index (χ0) is 12.5. The molecule has 0 heterocycles. The van der Waals surface area contributed by atoms with Crippen molar-refractivity contribution in [2.75, 3.05) is 5.32 Å². The maximum atomic E-state index is 12.6. The molecule has 0 aliphatic heterocycles. The van der Waals surface area contributed by atoms with E-state index in [-0.39, 0.29) is 5.69 Å².